The number of aryl methyl sites for hydroxylation is 1. The van der Waals surface area contributed by atoms with Crippen LogP contribution in [0.3, 0.4) is 0 Å². The van der Waals surface area contributed by atoms with E-state index in [1.54, 1.807) is 0 Å². The monoisotopic (exact) mass is 385 g/mol. The van der Waals surface area contributed by atoms with Crippen LogP contribution >= 0.6 is 0 Å². The van der Waals surface area contributed by atoms with Crippen molar-refractivity contribution in [3.05, 3.63) is 65.2 Å². The summed E-state index contributed by atoms with van der Waals surface area (Å²) in [5, 5.41) is 9.43. The van der Waals surface area contributed by atoms with Crippen LogP contribution in [0.1, 0.15) is 55.2 Å². The Labute approximate surface area is 172 Å². The number of hydrogen-bond donors (Lipinski definition) is 0. The average Bonchev–Trinajstić information content (AvgIpc) is 3.03. The van der Waals surface area contributed by atoms with Gasteiger partial charge in [-0.2, -0.15) is 5.26 Å². The second-order valence-corrected chi connectivity index (χ2v) is 9.29. The van der Waals surface area contributed by atoms with Crippen molar-refractivity contribution in [2.75, 3.05) is 0 Å². The minimum atomic E-state index is -0.390. The number of nitriles is 1. The molecule has 0 heterocycles. The summed E-state index contributed by atoms with van der Waals surface area (Å²) < 4.78 is 6.04. The zero-order valence-corrected chi connectivity index (χ0v) is 16.9. The first-order valence-electron chi connectivity index (χ1n) is 10.8. The Hall–Kier alpha value is -2.60. The predicted molar refractivity (Wildman–Crippen MR) is 111 cm³/mol. The van der Waals surface area contributed by atoms with E-state index in [0.717, 1.165) is 37.9 Å². The minimum absolute atomic E-state index is 0.207. The smallest absolute Gasteiger partial charge is 0.156 e. The first kappa shape index (κ1) is 18.4. The highest BCUT2D eigenvalue weighted by molar-refractivity contribution is 5.91. The molecule has 3 heteroatoms. The summed E-state index contributed by atoms with van der Waals surface area (Å²) in [4.78, 5) is 12.8. The molecule has 5 atom stereocenters. The molecule has 2 aromatic carbocycles. The zero-order chi connectivity index (χ0) is 20.0. The van der Waals surface area contributed by atoms with Crippen molar-refractivity contribution >= 4 is 5.78 Å². The number of nitrogens with zero attached hydrogens (tertiary/aromatic N) is 1. The fourth-order valence-electron chi connectivity index (χ4n) is 6.32. The molecule has 2 aromatic rings. The second kappa shape index (κ2) is 7.02. The lowest BCUT2D eigenvalue weighted by Crippen LogP contribution is -2.42. The van der Waals surface area contributed by atoms with E-state index < -0.39 is 0 Å². The molecular weight excluding hydrogens is 358 g/mol. The van der Waals surface area contributed by atoms with E-state index in [9.17, 15) is 10.1 Å². The maximum Gasteiger partial charge on any atom is 0.156 e. The van der Waals surface area contributed by atoms with E-state index >= 15 is 0 Å². The molecular formula is C26H27NO2. The highest BCUT2D eigenvalue weighted by Gasteiger charge is 2.58. The number of ketones is 1. The molecule has 0 bridgehead atoms. The lowest BCUT2D eigenvalue weighted by atomic mass is 9.55. The average molecular weight is 386 g/mol. The number of carbonyl (C=O) groups is 1. The van der Waals surface area contributed by atoms with Crippen LogP contribution in [0.4, 0.5) is 0 Å². The fourth-order valence-corrected chi connectivity index (χ4v) is 6.32. The Morgan fingerprint density at radius 1 is 1.17 bits per heavy atom. The molecule has 148 valence electrons. The molecule has 0 amide bonds. The van der Waals surface area contributed by atoms with Crippen LogP contribution in [0.15, 0.2) is 48.5 Å². The van der Waals surface area contributed by atoms with E-state index in [1.165, 1.54) is 16.7 Å². The van der Waals surface area contributed by atoms with Gasteiger partial charge in [-0.05, 0) is 78.7 Å². The molecule has 3 aliphatic carbocycles. The van der Waals surface area contributed by atoms with Gasteiger partial charge in [0.05, 0.1) is 6.07 Å². The van der Waals surface area contributed by atoms with Crippen LogP contribution in [0.2, 0.25) is 0 Å². The molecule has 2 fully saturated rings. The van der Waals surface area contributed by atoms with Gasteiger partial charge in [-0.3, -0.25) is 4.79 Å². The molecule has 0 radical (unpaired) electrons. The number of carbonyl (C=O) groups excluding carboxylic acids is 1. The summed E-state index contributed by atoms with van der Waals surface area (Å²) in [6, 6.07) is 19.1. The third-order valence-electron chi connectivity index (χ3n) is 7.86. The molecule has 0 aromatic heterocycles. The molecule has 29 heavy (non-hydrogen) atoms. The van der Waals surface area contributed by atoms with E-state index in [0.29, 0.717) is 24.4 Å². The van der Waals surface area contributed by atoms with Crippen LogP contribution in [-0.2, 0) is 17.8 Å². The summed E-state index contributed by atoms with van der Waals surface area (Å²) in [6.45, 7) is 2.72. The summed E-state index contributed by atoms with van der Waals surface area (Å²) in [7, 11) is 0. The standard InChI is InChI=1S/C26H27NO2/c1-26-12-11-22-21-10-8-20(29-16-17-5-3-2-4-6-17)13-18(21)7-9-23(22)24(26)14-19(15-27)25(26)28/h2-6,8,10,13,19,22-24H,7,9,11-12,14,16H2,1H3/t19?,22-,23-,24+,26+/m1/s1. The van der Waals surface area contributed by atoms with Crippen molar-refractivity contribution in [1.29, 1.82) is 5.26 Å². The van der Waals surface area contributed by atoms with Gasteiger partial charge in [0, 0.05) is 5.41 Å². The maximum atomic E-state index is 12.8. The quantitative estimate of drug-likeness (QED) is 0.707. The van der Waals surface area contributed by atoms with Crippen LogP contribution < -0.4 is 4.74 Å². The van der Waals surface area contributed by atoms with Gasteiger partial charge >= 0.3 is 0 Å². The van der Waals surface area contributed by atoms with Gasteiger partial charge in [-0.15, -0.1) is 0 Å². The van der Waals surface area contributed by atoms with Gasteiger partial charge in [-0.1, -0.05) is 43.3 Å². The Morgan fingerprint density at radius 3 is 2.79 bits per heavy atom. The zero-order valence-electron chi connectivity index (χ0n) is 16.9. The summed E-state index contributed by atoms with van der Waals surface area (Å²) in [6.07, 6.45) is 4.89. The topological polar surface area (TPSA) is 50.1 Å². The SMILES string of the molecule is C[C@]12CC[C@@H]3c4ccc(OCc5ccccc5)cc4CC[C@H]3[C@@H]1CC(C#N)C2=O. The molecule has 3 nitrogen and oxygen atoms in total. The van der Waals surface area contributed by atoms with Gasteiger partial charge in [-0.25, -0.2) is 0 Å². The largest absolute Gasteiger partial charge is 0.489 e. The Bertz CT molecular complexity index is 976. The number of fused-ring (bicyclic) bond motifs is 5. The van der Waals surface area contributed by atoms with E-state index in [4.69, 9.17) is 4.74 Å². The Morgan fingerprint density at radius 2 is 2.00 bits per heavy atom. The molecule has 3 aliphatic rings. The molecule has 2 saturated carbocycles. The summed E-state index contributed by atoms with van der Waals surface area (Å²) >= 11 is 0. The van der Waals surface area contributed by atoms with Crippen LogP contribution in [0, 0.1) is 34.5 Å². The third kappa shape index (κ3) is 2.97. The molecule has 0 N–H and O–H groups in total. The third-order valence-corrected chi connectivity index (χ3v) is 7.86. The lowest BCUT2D eigenvalue weighted by molar-refractivity contribution is -0.130. The number of ether oxygens (including phenoxy) is 1. The van der Waals surface area contributed by atoms with Crippen molar-refractivity contribution in [3.63, 3.8) is 0 Å². The van der Waals surface area contributed by atoms with E-state index in [1.807, 2.05) is 18.2 Å². The number of hydrogen-bond acceptors (Lipinski definition) is 3. The van der Waals surface area contributed by atoms with Crippen LogP contribution in [0.25, 0.3) is 0 Å². The molecule has 0 spiro atoms. The predicted octanol–water partition coefficient (Wildman–Crippen LogP) is 5.44. The lowest BCUT2D eigenvalue weighted by Gasteiger charge is -2.48. The van der Waals surface area contributed by atoms with Gasteiger partial charge in [0.25, 0.3) is 0 Å². The van der Waals surface area contributed by atoms with Crippen molar-refractivity contribution in [3.8, 4) is 11.8 Å². The normalized spacial score (nSPS) is 32.6. The number of benzene rings is 2. The molecule has 0 saturated heterocycles. The minimum Gasteiger partial charge on any atom is -0.489 e. The first-order chi connectivity index (χ1) is 14.1. The Kier molecular flexibility index (Phi) is 4.46. The van der Waals surface area contributed by atoms with Gasteiger partial charge in [0.1, 0.15) is 18.3 Å². The molecule has 1 unspecified atom stereocenters. The van der Waals surface area contributed by atoms with E-state index in [-0.39, 0.29) is 17.1 Å². The Balaban J connectivity index is 1.36. The molecule has 5 rings (SSSR count). The van der Waals surface area contributed by atoms with Gasteiger partial charge in [0.2, 0.25) is 0 Å². The first-order valence-corrected chi connectivity index (χ1v) is 10.8. The van der Waals surface area contributed by atoms with Crippen LogP contribution in [0.5, 0.6) is 5.75 Å². The van der Waals surface area contributed by atoms with Crippen molar-refractivity contribution < 1.29 is 9.53 Å². The van der Waals surface area contributed by atoms with Crippen molar-refractivity contribution in [2.24, 2.45) is 23.2 Å². The highest BCUT2D eigenvalue weighted by Crippen LogP contribution is 2.60. The number of rotatable bonds is 3. The van der Waals surface area contributed by atoms with Gasteiger partial charge in [0.15, 0.2) is 5.78 Å². The van der Waals surface area contributed by atoms with Crippen molar-refractivity contribution in [2.45, 2.75) is 51.6 Å². The van der Waals surface area contributed by atoms with E-state index in [2.05, 4.69) is 43.3 Å². The van der Waals surface area contributed by atoms with Crippen molar-refractivity contribution in [1.82, 2.24) is 0 Å². The van der Waals surface area contributed by atoms with Crippen LogP contribution in [-0.4, -0.2) is 5.78 Å². The highest BCUT2D eigenvalue weighted by atomic mass is 16.5. The van der Waals surface area contributed by atoms with Gasteiger partial charge < -0.3 is 4.74 Å². The number of Topliss-reactive ketones (excluding diaryl/α,β-unsaturated/α-hetero) is 1. The maximum absolute atomic E-state index is 12.8. The summed E-state index contributed by atoms with van der Waals surface area (Å²) in [5.74, 6) is 2.16. The fraction of sp³-hybridized carbons (Fsp3) is 0.462. The summed E-state index contributed by atoms with van der Waals surface area (Å²) in [5.41, 5.74) is 3.75. The second-order valence-electron chi connectivity index (χ2n) is 9.29. The molecule has 0 aliphatic heterocycles.